The van der Waals surface area contributed by atoms with Gasteiger partial charge in [-0.05, 0) is 36.2 Å². The summed E-state index contributed by atoms with van der Waals surface area (Å²) in [7, 11) is -2.01. The second-order valence-corrected chi connectivity index (χ2v) is 6.59. The van der Waals surface area contributed by atoms with E-state index in [1.165, 1.54) is 28.7 Å². The van der Waals surface area contributed by atoms with Gasteiger partial charge < -0.3 is 5.32 Å². The maximum Gasteiger partial charge on any atom is 0.265 e. The van der Waals surface area contributed by atoms with Crippen molar-refractivity contribution in [2.75, 3.05) is 23.2 Å². The van der Waals surface area contributed by atoms with Crippen LogP contribution >= 0.6 is 0 Å². The van der Waals surface area contributed by atoms with Crippen molar-refractivity contribution in [3.05, 3.63) is 47.9 Å². The third-order valence-electron chi connectivity index (χ3n) is 3.48. The molecule has 0 saturated heterocycles. The summed E-state index contributed by atoms with van der Waals surface area (Å²) in [5, 5.41) is 2.83. The van der Waals surface area contributed by atoms with Crippen molar-refractivity contribution in [1.82, 2.24) is 4.98 Å². The second kappa shape index (κ2) is 5.00. The van der Waals surface area contributed by atoms with E-state index in [0.29, 0.717) is 24.5 Å². The Labute approximate surface area is 122 Å². The van der Waals surface area contributed by atoms with Gasteiger partial charge in [-0.2, -0.15) is 0 Å². The van der Waals surface area contributed by atoms with Gasteiger partial charge in [0, 0.05) is 19.8 Å². The van der Waals surface area contributed by atoms with Crippen molar-refractivity contribution in [2.45, 2.75) is 11.3 Å². The SMILES string of the molecule is CNc1ccc(S(=O)(=O)N2CCc3ccc(F)cc32)cn1. The number of aromatic nitrogens is 1. The summed E-state index contributed by atoms with van der Waals surface area (Å²) in [6.07, 6.45) is 1.88. The normalized spacial score (nSPS) is 14.1. The molecule has 0 radical (unpaired) electrons. The zero-order valence-electron chi connectivity index (χ0n) is 11.4. The molecule has 0 saturated carbocycles. The first-order valence-corrected chi connectivity index (χ1v) is 7.91. The van der Waals surface area contributed by atoms with Gasteiger partial charge in [-0.15, -0.1) is 0 Å². The number of sulfonamides is 1. The van der Waals surface area contributed by atoms with E-state index < -0.39 is 15.8 Å². The van der Waals surface area contributed by atoms with Crippen LogP contribution in [0.25, 0.3) is 0 Å². The summed E-state index contributed by atoms with van der Waals surface area (Å²) in [5.74, 6) is 0.140. The lowest BCUT2D eigenvalue weighted by Crippen LogP contribution is -2.29. The van der Waals surface area contributed by atoms with Crippen molar-refractivity contribution in [1.29, 1.82) is 0 Å². The molecular weight excluding hydrogens is 293 g/mol. The molecule has 2 heterocycles. The van der Waals surface area contributed by atoms with Crippen LogP contribution in [0.2, 0.25) is 0 Å². The highest BCUT2D eigenvalue weighted by Gasteiger charge is 2.31. The Morgan fingerprint density at radius 1 is 1.29 bits per heavy atom. The largest absolute Gasteiger partial charge is 0.373 e. The molecule has 0 spiro atoms. The Kier molecular flexibility index (Phi) is 3.29. The first-order valence-electron chi connectivity index (χ1n) is 6.47. The van der Waals surface area contributed by atoms with E-state index >= 15 is 0 Å². The van der Waals surface area contributed by atoms with Crippen LogP contribution in [0.4, 0.5) is 15.9 Å². The van der Waals surface area contributed by atoms with Gasteiger partial charge in [-0.25, -0.2) is 17.8 Å². The van der Waals surface area contributed by atoms with Gasteiger partial charge in [0.2, 0.25) is 0 Å². The minimum absolute atomic E-state index is 0.0959. The molecule has 1 aromatic carbocycles. The third kappa shape index (κ3) is 2.33. The molecule has 110 valence electrons. The highest BCUT2D eigenvalue weighted by atomic mass is 32.2. The van der Waals surface area contributed by atoms with Gasteiger partial charge >= 0.3 is 0 Å². The lowest BCUT2D eigenvalue weighted by molar-refractivity contribution is 0.591. The van der Waals surface area contributed by atoms with E-state index in [0.717, 1.165) is 5.56 Å². The van der Waals surface area contributed by atoms with Crippen molar-refractivity contribution in [3.8, 4) is 0 Å². The van der Waals surface area contributed by atoms with Gasteiger partial charge in [-0.1, -0.05) is 6.07 Å². The fourth-order valence-corrected chi connectivity index (χ4v) is 3.82. The fraction of sp³-hybridized carbons (Fsp3) is 0.214. The number of nitrogens with one attached hydrogen (secondary N) is 1. The number of anilines is 2. The standard InChI is InChI=1S/C14H14FN3O2S/c1-16-14-5-4-12(9-17-14)21(19,20)18-7-6-10-2-3-11(15)8-13(10)18/h2-5,8-9H,6-7H2,1H3,(H,16,17). The molecule has 21 heavy (non-hydrogen) atoms. The smallest absolute Gasteiger partial charge is 0.265 e. The summed E-state index contributed by atoms with van der Waals surface area (Å²) >= 11 is 0. The first-order chi connectivity index (χ1) is 10.0. The zero-order valence-corrected chi connectivity index (χ0v) is 12.2. The molecule has 0 unspecified atom stereocenters. The summed E-state index contributed by atoms with van der Waals surface area (Å²) in [6, 6.07) is 7.32. The van der Waals surface area contributed by atoms with Crippen molar-refractivity contribution >= 4 is 21.5 Å². The second-order valence-electron chi connectivity index (χ2n) is 4.73. The number of nitrogens with zero attached hydrogens (tertiary/aromatic N) is 2. The van der Waals surface area contributed by atoms with Crippen LogP contribution in [0.5, 0.6) is 0 Å². The molecule has 0 fully saturated rings. The molecule has 1 aromatic heterocycles. The lowest BCUT2D eigenvalue weighted by Gasteiger charge is -2.19. The van der Waals surface area contributed by atoms with E-state index in [-0.39, 0.29) is 4.90 Å². The zero-order chi connectivity index (χ0) is 15.0. The monoisotopic (exact) mass is 307 g/mol. The maximum atomic E-state index is 13.4. The minimum Gasteiger partial charge on any atom is -0.373 e. The summed E-state index contributed by atoms with van der Waals surface area (Å²) < 4.78 is 39.9. The Morgan fingerprint density at radius 2 is 2.10 bits per heavy atom. The molecule has 1 aliphatic rings. The molecular formula is C14H14FN3O2S. The number of halogens is 1. The number of benzene rings is 1. The van der Waals surface area contributed by atoms with Gasteiger partial charge in [0.05, 0.1) is 5.69 Å². The molecule has 0 amide bonds. The Balaban J connectivity index is 2.02. The summed E-state index contributed by atoms with van der Waals surface area (Å²) in [5.41, 5.74) is 1.24. The van der Waals surface area contributed by atoms with E-state index in [9.17, 15) is 12.8 Å². The van der Waals surface area contributed by atoms with E-state index in [1.54, 1.807) is 19.2 Å². The van der Waals surface area contributed by atoms with Gasteiger partial charge in [-0.3, -0.25) is 4.31 Å². The highest BCUT2D eigenvalue weighted by molar-refractivity contribution is 7.92. The number of rotatable bonds is 3. The van der Waals surface area contributed by atoms with Gasteiger partial charge in [0.15, 0.2) is 0 Å². The number of hydrogen-bond acceptors (Lipinski definition) is 4. The third-order valence-corrected chi connectivity index (χ3v) is 5.28. The lowest BCUT2D eigenvalue weighted by atomic mass is 10.2. The molecule has 1 aliphatic heterocycles. The number of fused-ring (bicyclic) bond motifs is 1. The van der Waals surface area contributed by atoms with Crippen LogP contribution in [0.3, 0.4) is 0 Å². The Hall–Kier alpha value is -2.15. The van der Waals surface area contributed by atoms with Crippen LogP contribution < -0.4 is 9.62 Å². The summed E-state index contributed by atoms with van der Waals surface area (Å²) in [4.78, 5) is 4.11. The molecule has 0 bridgehead atoms. The predicted octanol–water partition coefficient (Wildman–Crippen LogP) is 2.01. The van der Waals surface area contributed by atoms with Crippen molar-refractivity contribution in [3.63, 3.8) is 0 Å². The molecule has 7 heteroatoms. The number of hydrogen-bond donors (Lipinski definition) is 1. The predicted molar refractivity (Wildman–Crippen MR) is 78.4 cm³/mol. The molecule has 0 aliphatic carbocycles. The molecule has 3 rings (SSSR count). The maximum absolute atomic E-state index is 13.4. The minimum atomic E-state index is -3.72. The Morgan fingerprint density at radius 3 is 2.76 bits per heavy atom. The van der Waals surface area contributed by atoms with Crippen LogP contribution in [0.1, 0.15) is 5.56 Å². The summed E-state index contributed by atoms with van der Waals surface area (Å²) in [6.45, 7) is 0.314. The quantitative estimate of drug-likeness (QED) is 0.942. The molecule has 0 atom stereocenters. The van der Waals surface area contributed by atoms with Crippen LogP contribution in [-0.2, 0) is 16.4 Å². The van der Waals surface area contributed by atoms with E-state index in [1.807, 2.05) is 0 Å². The average molecular weight is 307 g/mol. The molecule has 5 nitrogen and oxygen atoms in total. The Bertz CT molecular complexity index is 775. The van der Waals surface area contributed by atoms with Crippen molar-refractivity contribution < 1.29 is 12.8 Å². The average Bonchev–Trinajstić information content (AvgIpc) is 2.91. The van der Waals surface area contributed by atoms with Crippen LogP contribution in [0, 0.1) is 5.82 Å². The van der Waals surface area contributed by atoms with Gasteiger partial charge in [0.1, 0.15) is 16.5 Å². The van der Waals surface area contributed by atoms with Crippen molar-refractivity contribution in [2.24, 2.45) is 0 Å². The fourth-order valence-electron chi connectivity index (χ4n) is 2.38. The topological polar surface area (TPSA) is 62.3 Å². The van der Waals surface area contributed by atoms with E-state index in [4.69, 9.17) is 0 Å². The molecule has 1 N–H and O–H groups in total. The highest BCUT2D eigenvalue weighted by Crippen LogP contribution is 2.33. The first kappa shape index (κ1) is 13.8. The van der Waals surface area contributed by atoms with Crippen LogP contribution in [0.15, 0.2) is 41.4 Å². The molecule has 2 aromatic rings. The number of pyridine rings is 1. The van der Waals surface area contributed by atoms with Crippen LogP contribution in [-0.4, -0.2) is 27.0 Å². The van der Waals surface area contributed by atoms with Gasteiger partial charge in [0.25, 0.3) is 10.0 Å². The van der Waals surface area contributed by atoms with E-state index in [2.05, 4.69) is 10.3 Å².